The highest BCUT2D eigenvalue weighted by Crippen LogP contribution is 2.26. The van der Waals surface area contributed by atoms with Gasteiger partial charge in [0, 0.05) is 19.6 Å². The summed E-state index contributed by atoms with van der Waals surface area (Å²) in [7, 11) is -1.97. The number of hydrogen-bond donors (Lipinski definition) is 1. The van der Waals surface area contributed by atoms with E-state index in [2.05, 4.69) is 5.32 Å². The SMILES string of the molecule is COc1ccc(CNC(=O)C2CCCN(S(=O)(=O)Cc3ccc(Cl)c(Cl)c3)C2)cc1. The highest BCUT2D eigenvalue weighted by molar-refractivity contribution is 7.88. The number of ether oxygens (including phenoxy) is 1. The van der Waals surface area contributed by atoms with Crippen molar-refractivity contribution in [2.45, 2.75) is 25.1 Å². The number of carbonyl (C=O) groups excluding carboxylic acids is 1. The van der Waals surface area contributed by atoms with E-state index in [9.17, 15) is 13.2 Å². The molecule has 1 amide bonds. The van der Waals surface area contributed by atoms with E-state index in [1.165, 1.54) is 4.31 Å². The Bertz CT molecular complexity index is 997. The number of benzene rings is 2. The van der Waals surface area contributed by atoms with Crippen LogP contribution in [0.5, 0.6) is 5.75 Å². The molecule has 1 aliphatic rings. The fraction of sp³-hybridized carbons (Fsp3) is 0.381. The Labute approximate surface area is 187 Å². The molecule has 0 aliphatic carbocycles. The van der Waals surface area contributed by atoms with Crippen LogP contribution in [0.15, 0.2) is 42.5 Å². The van der Waals surface area contributed by atoms with Gasteiger partial charge in [0.15, 0.2) is 0 Å². The van der Waals surface area contributed by atoms with Crippen molar-refractivity contribution in [2.75, 3.05) is 20.2 Å². The Hall–Kier alpha value is -1.80. The molecular formula is C21H24Cl2N2O4S. The maximum absolute atomic E-state index is 12.9. The van der Waals surface area contributed by atoms with Crippen LogP contribution in [-0.2, 0) is 27.1 Å². The summed E-state index contributed by atoms with van der Waals surface area (Å²) in [6.07, 6.45) is 1.30. The molecule has 1 saturated heterocycles. The second kappa shape index (κ2) is 10.0. The fourth-order valence-electron chi connectivity index (χ4n) is 3.42. The summed E-state index contributed by atoms with van der Waals surface area (Å²) in [6, 6.07) is 12.2. The normalized spacial score (nSPS) is 17.5. The third-order valence-electron chi connectivity index (χ3n) is 5.11. The highest BCUT2D eigenvalue weighted by Gasteiger charge is 2.32. The monoisotopic (exact) mass is 470 g/mol. The molecule has 1 unspecified atom stereocenters. The minimum absolute atomic E-state index is 0.139. The lowest BCUT2D eigenvalue weighted by molar-refractivity contribution is -0.126. The molecule has 9 heteroatoms. The third kappa shape index (κ3) is 5.88. The largest absolute Gasteiger partial charge is 0.497 e. The summed E-state index contributed by atoms with van der Waals surface area (Å²) >= 11 is 11.9. The van der Waals surface area contributed by atoms with Gasteiger partial charge in [-0.1, -0.05) is 41.4 Å². The molecule has 6 nitrogen and oxygen atoms in total. The maximum Gasteiger partial charge on any atom is 0.224 e. The number of nitrogens with zero attached hydrogens (tertiary/aromatic N) is 1. The maximum atomic E-state index is 12.9. The van der Waals surface area contributed by atoms with Crippen molar-refractivity contribution in [3.8, 4) is 5.75 Å². The van der Waals surface area contributed by atoms with Gasteiger partial charge in [0.1, 0.15) is 5.75 Å². The lowest BCUT2D eigenvalue weighted by Gasteiger charge is -2.31. The summed E-state index contributed by atoms with van der Waals surface area (Å²) in [5.41, 5.74) is 1.51. The Kier molecular flexibility index (Phi) is 7.63. The quantitative estimate of drug-likeness (QED) is 0.666. The molecule has 1 heterocycles. The molecule has 2 aromatic carbocycles. The van der Waals surface area contributed by atoms with Crippen LogP contribution in [0.3, 0.4) is 0 Å². The van der Waals surface area contributed by atoms with E-state index in [1.807, 2.05) is 24.3 Å². The lowest BCUT2D eigenvalue weighted by Crippen LogP contribution is -2.45. The summed E-state index contributed by atoms with van der Waals surface area (Å²) in [4.78, 5) is 12.6. The van der Waals surface area contributed by atoms with E-state index in [0.29, 0.717) is 41.5 Å². The van der Waals surface area contributed by atoms with Gasteiger partial charge >= 0.3 is 0 Å². The first kappa shape index (κ1) is 22.9. The van der Waals surface area contributed by atoms with Gasteiger partial charge in [-0.05, 0) is 48.2 Å². The molecule has 30 heavy (non-hydrogen) atoms. The predicted octanol–water partition coefficient (Wildman–Crippen LogP) is 3.86. The number of piperidine rings is 1. The van der Waals surface area contributed by atoms with E-state index < -0.39 is 10.0 Å². The van der Waals surface area contributed by atoms with Gasteiger partial charge in [-0.2, -0.15) is 0 Å². The fourth-order valence-corrected chi connectivity index (χ4v) is 5.34. The lowest BCUT2D eigenvalue weighted by atomic mass is 9.99. The van der Waals surface area contributed by atoms with Gasteiger partial charge in [0.25, 0.3) is 0 Å². The van der Waals surface area contributed by atoms with E-state index in [0.717, 1.165) is 11.3 Å². The predicted molar refractivity (Wildman–Crippen MR) is 118 cm³/mol. The summed E-state index contributed by atoms with van der Waals surface area (Å²) < 4.78 is 32.3. The Morgan fingerprint density at radius 2 is 1.83 bits per heavy atom. The number of rotatable bonds is 7. The number of amides is 1. The van der Waals surface area contributed by atoms with Gasteiger partial charge < -0.3 is 10.1 Å². The standard InChI is InChI=1S/C21H24Cl2N2O4S/c1-29-18-7-4-15(5-8-18)12-24-21(26)17-3-2-10-25(13-17)30(27,28)14-16-6-9-19(22)20(23)11-16/h4-9,11,17H,2-3,10,12-14H2,1H3,(H,24,26). The summed E-state index contributed by atoms with van der Waals surface area (Å²) in [6.45, 7) is 0.972. The minimum Gasteiger partial charge on any atom is -0.497 e. The third-order valence-corrected chi connectivity index (χ3v) is 7.66. The molecule has 0 spiro atoms. The second-order valence-electron chi connectivity index (χ2n) is 7.27. The Morgan fingerprint density at radius 3 is 2.50 bits per heavy atom. The first-order chi connectivity index (χ1) is 14.3. The van der Waals surface area contributed by atoms with E-state index >= 15 is 0 Å². The molecule has 2 aromatic rings. The molecule has 1 N–H and O–H groups in total. The van der Waals surface area contributed by atoms with Gasteiger partial charge in [-0.15, -0.1) is 0 Å². The number of halogens is 2. The Balaban J connectivity index is 1.58. The van der Waals surface area contributed by atoms with Gasteiger partial charge in [0.05, 0.1) is 28.8 Å². The molecule has 1 aliphatic heterocycles. The average Bonchev–Trinajstić information content (AvgIpc) is 2.75. The molecule has 1 atom stereocenters. The molecule has 0 aromatic heterocycles. The van der Waals surface area contributed by atoms with Crippen molar-refractivity contribution in [1.82, 2.24) is 9.62 Å². The van der Waals surface area contributed by atoms with Crippen LogP contribution in [0.1, 0.15) is 24.0 Å². The van der Waals surface area contributed by atoms with Crippen LogP contribution in [0.4, 0.5) is 0 Å². The van der Waals surface area contributed by atoms with E-state index in [-0.39, 0.29) is 24.1 Å². The molecule has 1 fully saturated rings. The zero-order valence-electron chi connectivity index (χ0n) is 16.6. The van der Waals surface area contributed by atoms with Crippen molar-refractivity contribution < 1.29 is 17.9 Å². The Morgan fingerprint density at radius 1 is 1.13 bits per heavy atom. The van der Waals surface area contributed by atoms with Crippen molar-refractivity contribution in [1.29, 1.82) is 0 Å². The number of sulfonamides is 1. The van der Waals surface area contributed by atoms with Gasteiger partial charge in [-0.3, -0.25) is 4.79 Å². The zero-order chi connectivity index (χ0) is 21.7. The number of nitrogens with one attached hydrogen (secondary N) is 1. The molecule has 0 saturated carbocycles. The number of carbonyl (C=O) groups is 1. The molecule has 3 rings (SSSR count). The molecule has 0 bridgehead atoms. The van der Waals surface area contributed by atoms with Crippen LogP contribution in [0.2, 0.25) is 10.0 Å². The van der Waals surface area contributed by atoms with Crippen molar-refractivity contribution >= 4 is 39.1 Å². The van der Waals surface area contributed by atoms with Crippen LogP contribution in [-0.4, -0.2) is 38.8 Å². The molecule has 0 radical (unpaired) electrons. The average molecular weight is 471 g/mol. The van der Waals surface area contributed by atoms with Crippen LogP contribution < -0.4 is 10.1 Å². The highest BCUT2D eigenvalue weighted by atomic mass is 35.5. The van der Waals surface area contributed by atoms with Gasteiger partial charge in [0.2, 0.25) is 15.9 Å². The minimum atomic E-state index is -3.57. The van der Waals surface area contributed by atoms with Crippen LogP contribution in [0, 0.1) is 5.92 Å². The molecular weight excluding hydrogens is 447 g/mol. The summed E-state index contributed by atoms with van der Waals surface area (Å²) in [5, 5.41) is 3.61. The van der Waals surface area contributed by atoms with Crippen molar-refractivity contribution in [2.24, 2.45) is 5.92 Å². The summed E-state index contributed by atoms with van der Waals surface area (Å²) in [5.74, 6) is 0.0605. The molecule has 162 valence electrons. The van der Waals surface area contributed by atoms with E-state index in [1.54, 1.807) is 25.3 Å². The first-order valence-electron chi connectivity index (χ1n) is 9.61. The first-order valence-corrected chi connectivity index (χ1v) is 12.0. The van der Waals surface area contributed by atoms with E-state index in [4.69, 9.17) is 27.9 Å². The smallest absolute Gasteiger partial charge is 0.224 e. The number of methoxy groups -OCH3 is 1. The van der Waals surface area contributed by atoms with Crippen molar-refractivity contribution in [3.63, 3.8) is 0 Å². The number of hydrogen-bond acceptors (Lipinski definition) is 4. The second-order valence-corrected chi connectivity index (χ2v) is 10.1. The zero-order valence-corrected chi connectivity index (χ0v) is 18.9. The van der Waals surface area contributed by atoms with Crippen molar-refractivity contribution in [3.05, 3.63) is 63.6 Å². The van der Waals surface area contributed by atoms with Crippen LogP contribution in [0.25, 0.3) is 0 Å². The van der Waals surface area contributed by atoms with Gasteiger partial charge in [-0.25, -0.2) is 12.7 Å². The topological polar surface area (TPSA) is 75.7 Å². The van der Waals surface area contributed by atoms with Crippen LogP contribution >= 0.6 is 23.2 Å².